The van der Waals surface area contributed by atoms with Crippen LogP contribution >= 0.6 is 0 Å². The van der Waals surface area contributed by atoms with Gasteiger partial charge in [-0.05, 0) is 36.8 Å². The molecule has 0 bridgehead atoms. The minimum atomic E-state index is -0.871. The van der Waals surface area contributed by atoms with E-state index >= 15 is 0 Å². The van der Waals surface area contributed by atoms with E-state index in [0.29, 0.717) is 19.0 Å². The number of aryl methyl sites for hydroxylation is 1. The van der Waals surface area contributed by atoms with Gasteiger partial charge >= 0.3 is 11.8 Å². The molecule has 4 nitrogen and oxygen atoms in total. The van der Waals surface area contributed by atoms with E-state index in [2.05, 4.69) is 0 Å². The fraction of sp³-hybridized carbons (Fsp3) is 0.429. The van der Waals surface area contributed by atoms with Gasteiger partial charge in [0.15, 0.2) is 0 Å². The predicted molar refractivity (Wildman–Crippen MR) is 68.5 cm³/mol. The molecule has 0 spiro atoms. The largest absolute Gasteiger partial charge is 0.361 e. The van der Waals surface area contributed by atoms with E-state index in [1.165, 1.54) is 0 Å². The number of benzene rings is 1. The standard InChI is InChI=1S/C14H18N2O2/c1-10-4-2-3-5-12(10)9-16(8-11-6-7-11)14(18)13(15)17/h2-5,11H,6-9H2,1H3,(H2,15,17). The molecule has 1 aliphatic rings. The minimum Gasteiger partial charge on any atom is -0.361 e. The van der Waals surface area contributed by atoms with Gasteiger partial charge in [-0.25, -0.2) is 0 Å². The van der Waals surface area contributed by atoms with Crippen molar-refractivity contribution in [3.05, 3.63) is 35.4 Å². The summed E-state index contributed by atoms with van der Waals surface area (Å²) in [5, 5.41) is 0. The Kier molecular flexibility index (Phi) is 3.65. The van der Waals surface area contributed by atoms with Gasteiger partial charge in [0.05, 0.1) is 0 Å². The lowest BCUT2D eigenvalue weighted by atomic mass is 10.1. The maximum absolute atomic E-state index is 11.8. The Hall–Kier alpha value is -1.84. The van der Waals surface area contributed by atoms with E-state index in [1.807, 2.05) is 31.2 Å². The summed E-state index contributed by atoms with van der Waals surface area (Å²) in [6.07, 6.45) is 2.27. The van der Waals surface area contributed by atoms with Gasteiger partial charge in [0.2, 0.25) is 0 Å². The van der Waals surface area contributed by atoms with Crippen LogP contribution in [-0.4, -0.2) is 23.3 Å². The van der Waals surface area contributed by atoms with Crippen LogP contribution in [0.4, 0.5) is 0 Å². The second-order valence-corrected chi connectivity index (χ2v) is 4.92. The van der Waals surface area contributed by atoms with Crippen LogP contribution in [0.5, 0.6) is 0 Å². The molecule has 0 aliphatic heterocycles. The van der Waals surface area contributed by atoms with Gasteiger partial charge in [0.1, 0.15) is 0 Å². The van der Waals surface area contributed by atoms with Crippen molar-refractivity contribution in [2.45, 2.75) is 26.3 Å². The van der Waals surface area contributed by atoms with Crippen LogP contribution in [0.15, 0.2) is 24.3 Å². The molecule has 0 unspecified atom stereocenters. The van der Waals surface area contributed by atoms with Crippen molar-refractivity contribution in [2.75, 3.05) is 6.54 Å². The Morgan fingerprint density at radius 3 is 2.56 bits per heavy atom. The third kappa shape index (κ3) is 3.09. The average Bonchev–Trinajstić information content (AvgIpc) is 3.14. The maximum atomic E-state index is 11.8. The molecule has 2 rings (SSSR count). The number of rotatable bonds is 4. The van der Waals surface area contributed by atoms with Gasteiger partial charge in [0.25, 0.3) is 0 Å². The van der Waals surface area contributed by atoms with E-state index in [0.717, 1.165) is 24.0 Å². The van der Waals surface area contributed by atoms with E-state index < -0.39 is 11.8 Å². The Balaban J connectivity index is 2.11. The van der Waals surface area contributed by atoms with Gasteiger partial charge < -0.3 is 10.6 Å². The highest BCUT2D eigenvalue weighted by Crippen LogP contribution is 2.30. The fourth-order valence-electron chi connectivity index (χ4n) is 1.98. The van der Waals surface area contributed by atoms with E-state index in [1.54, 1.807) is 4.90 Å². The predicted octanol–water partition coefficient (Wildman–Crippen LogP) is 1.22. The van der Waals surface area contributed by atoms with Crippen LogP contribution in [-0.2, 0) is 16.1 Å². The number of nitrogens with zero attached hydrogens (tertiary/aromatic N) is 1. The lowest BCUT2D eigenvalue weighted by molar-refractivity contribution is -0.144. The Morgan fingerprint density at radius 1 is 1.33 bits per heavy atom. The van der Waals surface area contributed by atoms with Crippen LogP contribution in [0.1, 0.15) is 24.0 Å². The van der Waals surface area contributed by atoms with Gasteiger partial charge in [-0.1, -0.05) is 24.3 Å². The van der Waals surface area contributed by atoms with Crippen molar-refractivity contribution in [3.8, 4) is 0 Å². The monoisotopic (exact) mass is 246 g/mol. The molecule has 0 heterocycles. The van der Waals surface area contributed by atoms with Crippen molar-refractivity contribution in [3.63, 3.8) is 0 Å². The van der Waals surface area contributed by atoms with Gasteiger partial charge in [-0.2, -0.15) is 0 Å². The van der Waals surface area contributed by atoms with E-state index in [9.17, 15) is 9.59 Å². The summed E-state index contributed by atoms with van der Waals surface area (Å²) in [6, 6.07) is 7.87. The summed E-state index contributed by atoms with van der Waals surface area (Å²) in [7, 11) is 0. The number of hydrogen-bond donors (Lipinski definition) is 1. The second kappa shape index (κ2) is 5.21. The number of primary amides is 1. The third-order valence-corrected chi connectivity index (χ3v) is 3.30. The second-order valence-electron chi connectivity index (χ2n) is 4.92. The Bertz CT molecular complexity index is 467. The van der Waals surface area contributed by atoms with Crippen LogP contribution in [0, 0.1) is 12.8 Å². The van der Waals surface area contributed by atoms with Crippen LogP contribution in [0.2, 0.25) is 0 Å². The number of carbonyl (C=O) groups is 2. The molecule has 18 heavy (non-hydrogen) atoms. The lowest BCUT2D eigenvalue weighted by Gasteiger charge is -2.22. The zero-order chi connectivity index (χ0) is 13.1. The highest BCUT2D eigenvalue weighted by atomic mass is 16.2. The third-order valence-electron chi connectivity index (χ3n) is 3.30. The molecule has 0 radical (unpaired) electrons. The number of nitrogens with two attached hydrogens (primary N) is 1. The van der Waals surface area contributed by atoms with Crippen LogP contribution < -0.4 is 5.73 Å². The summed E-state index contributed by atoms with van der Waals surface area (Å²) >= 11 is 0. The molecule has 0 aromatic heterocycles. The first kappa shape index (κ1) is 12.6. The molecule has 1 aromatic rings. The van der Waals surface area contributed by atoms with Gasteiger partial charge in [-0.3, -0.25) is 9.59 Å². The van der Waals surface area contributed by atoms with Crippen molar-refractivity contribution in [1.82, 2.24) is 4.90 Å². The smallest absolute Gasteiger partial charge is 0.311 e. The molecule has 0 atom stereocenters. The maximum Gasteiger partial charge on any atom is 0.311 e. The minimum absolute atomic E-state index is 0.463. The summed E-state index contributed by atoms with van der Waals surface area (Å²) in [5.41, 5.74) is 7.28. The van der Waals surface area contributed by atoms with Gasteiger partial charge in [-0.15, -0.1) is 0 Å². The number of amides is 2. The Labute approximate surface area is 107 Å². The summed E-state index contributed by atoms with van der Waals surface area (Å²) < 4.78 is 0. The molecule has 1 aromatic carbocycles. The first-order valence-electron chi connectivity index (χ1n) is 6.21. The lowest BCUT2D eigenvalue weighted by Crippen LogP contribution is -2.41. The molecule has 1 fully saturated rings. The normalized spacial score (nSPS) is 14.3. The van der Waals surface area contributed by atoms with E-state index in [-0.39, 0.29) is 0 Å². The van der Waals surface area contributed by atoms with Crippen molar-refractivity contribution < 1.29 is 9.59 Å². The zero-order valence-electron chi connectivity index (χ0n) is 10.6. The van der Waals surface area contributed by atoms with Crippen molar-refractivity contribution in [2.24, 2.45) is 11.7 Å². The van der Waals surface area contributed by atoms with Crippen molar-refractivity contribution in [1.29, 1.82) is 0 Å². The molecule has 4 heteroatoms. The highest BCUT2D eigenvalue weighted by molar-refractivity contribution is 6.34. The molecule has 0 saturated heterocycles. The molecule has 2 amide bonds. The summed E-state index contributed by atoms with van der Waals surface area (Å²) in [5.74, 6) is -0.910. The first-order chi connectivity index (χ1) is 8.58. The van der Waals surface area contributed by atoms with Crippen LogP contribution in [0.3, 0.4) is 0 Å². The topological polar surface area (TPSA) is 63.4 Å². The van der Waals surface area contributed by atoms with Crippen LogP contribution in [0.25, 0.3) is 0 Å². The SMILES string of the molecule is Cc1ccccc1CN(CC1CC1)C(=O)C(N)=O. The Morgan fingerprint density at radius 2 is 2.00 bits per heavy atom. The summed E-state index contributed by atoms with van der Waals surface area (Å²) in [6.45, 7) is 3.10. The molecular weight excluding hydrogens is 228 g/mol. The molecule has 1 saturated carbocycles. The quantitative estimate of drug-likeness (QED) is 0.812. The summed E-state index contributed by atoms with van der Waals surface area (Å²) in [4.78, 5) is 24.4. The first-order valence-corrected chi connectivity index (χ1v) is 6.21. The van der Waals surface area contributed by atoms with E-state index in [4.69, 9.17) is 5.73 Å². The highest BCUT2D eigenvalue weighted by Gasteiger charge is 2.28. The molecule has 96 valence electrons. The molecule has 2 N–H and O–H groups in total. The zero-order valence-corrected chi connectivity index (χ0v) is 10.6. The number of hydrogen-bond acceptors (Lipinski definition) is 2. The molecule has 1 aliphatic carbocycles. The number of carbonyl (C=O) groups excluding carboxylic acids is 2. The molecular formula is C14H18N2O2. The van der Waals surface area contributed by atoms with Gasteiger partial charge in [0, 0.05) is 13.1 Å². The fourth-order valence-corrected chi connectivity index (χ4v) is 1.98. The van der Waals surface area contributed by atoms with Crippen molar-refractivity contribution >= 4 is 11.8 Å². The average molecular weight is 246 g/mol.